The van der Waals surface area contributed by atoms with Gasteiger partial charge in [0.15, 0.2) is 0 Å². The van der Waals surface area contributed by atoms with Gasteiger partial charge in [-0.1, -0.05) is 0 Å². The Morgan fingerprint density at radius 3 is 0.900 bits per heavy atom. The van der Waals surface area contributed by atoms with Crippen LogP contribution in [0.1, 0.15) is 96.3 Å². The van der Waals surface area contributed by atoms with Crippen LogP contribution in [0.5, 0.6) is 0 Å². The molecule has 0 N–H and O–H groups in total. The summed E-state index contributed by atoms with van der Waals surface area (Å²) in [5.41, 5.74) is 0. The monoisotopic (exact) mass is 359 g/mol. The molecule has 0 saturated heterocycles. The van der Waals surface area contributed by atoms with Gasteiger partial charge in [0, 0.05) is 0 Å². The zero-order chi connectivity index (χ0) is 12.9. The van der Waals surface area contributed by atoms with Gasteiger partial charge in [0.2, 0.25) is 0 Å². The molecule has 117 valence electrons. The van der Waals surface area contributed by atoms with E-state index < -0.39 is 14.3 Å². The van der Waals surface area contributed by atoms with Gasteiger partial charge in [-0.15, -0.1) is 12.4 Å². The van der Waals surface area contributed by atoms with Crippen LogP contribution < -0.4 is 0 Å². The zero-order valence-electron chi connectivity index (χ0n) is 13.2. The molecule has 20 heavy (non-hydrogen) atoms. The fourth-order valence-corrected chi connectivity index (χ4v) is 16.3. The summed E-state index contributed by atoms with van der Waals surface area (Å²) in [6.45, 7) is 0. The van der Waals surface area contributed by atoms with Gasteiger partial charge in [0.05, 0.1) is 0 Å². The van der Waals surface area contributed by atoms with Gasteiger partial charge in [0.25, 0.3) is 0 Å². The minimum atomic E-state index is -0.801. The van der Waals surface area contributed by atoms with Gasteiger partial charge < -0.3 is 0 Å². The van der Waals surface area contributed by atoms with Crippen molar-refractivity contribution in [1.29, 1.82) is 0 Å². The third-order valence-corrected chi connectivity index (χ3v) is 15.8. The molecule has 0 aromatic heterocycles. The van der Waals surface area contributed by atoms with Crippen molar-refractivity contribution in [2.24, 2.45) is 0 Å². The maximum Gasteiger partial charge on any atom is -0.147 e. The Hall–Kier alpha value is 0.833. The third kappa shape index (κ3) is 4.41. The van der Waals surface area contributed by atoms with Crippen LogP contribution in [0.2, 0.25) is 14.3 Å². The largest absolute Gasteiger partial charge is 0.147 e. The molecule has 2 heteroatoms. The van der Waals surface area contributed by atoms with Crippen molar-refractivity contribution in [3.05, 3.63) is 0 Å². The van der Waals surface area contributed by atoms with Crippen LogP contribution in [0.4, 0.5) is 0 Å². The zero-order valence-corrected chi connectivity index (χ0v) is 16.2. The molecular weight excluding hydrogens is 324 g/mol. The molecule has 3 aliphatic rings. The van der Waals surface area contributed by atoms with E-state index in [4.69, 9.17) is 0 Å². The van der Waals surface area contributed by atoms with Crippen LogP contribution in [0.15, 0.2) is 0 Å². The first kappa shape index (κ1) is 17.2. The maximum absolute atomic E-state index is 1.66. The summed E-state index contributed by atoms with van der Waals surface area (Å²) in [6.07, 6.45) is 24.1. The average Bonchev–Trinajstić information content (AvgIpc) is 2.51. The van der Waals surface area contributed by atoms with E-state index in [-0.39, 0.29) is 12.4 Å². The molecule has 0 amide bonds. The summed E-state index contributed by atoms with van der Waals surface area (Å²) >= 11 is -0.801. The number of hydrogen-bond donors (Lipinski definition) is 0. The smallest absolute Gasteiger partial charge is 0.147 e. The van der Waals surface area contributed by atoms with Crippen molar-refractivity contribution in [2.45, 2.75) is 111 Å². The van der Waals surface area contributed by atoms with Gasteiger partial charge in [-0.05, 0) is 0 Å². The molecule has 3 rings (SSSR count). The summed E-state index contributed by atoms with van der Waals surface area (Å²) in [5, 5.41) is 0. The van der Waals surface area contributed by atoms with Gasteiger partial charge >= 0.3 is 125 Å². The van der Waals surface area contributed by atoms with Crippen LogP contribution in [0.25, 0.3) is 0 Å². The first-order chi connectivity index (χ1) is 9.45. The van der Waals surface area contributed by atoms with Crippen molar-refractivity contribution >= 4 is 26.8 Å². The van der Waals surface area contributed by atoms with Crippen LogP contribution in [0, 0.1) is 0 Å². The summed E-state index contributed by atoms with van der Waals surface area (Å²) < 4.78 is 3.87. The molecule has 3 aliphatic carbocycles. The van der Waals surface area contributed by atoms with Crippen molar-refractivity contribution < 1.29 is 0 Å². The van der Waals surface area contributed by atoms with Crippen molar-refractivity contribution in [1.82, 2.24) is 0 Å². The Bertz CT molecular complexity index is 207. The van der Waals surface area contributed by atoms with Gasteiger partial charge in [-0.3, -0.25) is 0 Å². The molecule has 0 nitrogen and oxygen atoms in total. The molecular formula is C18H34ClGe. The molecule has 0 spiro atoms. The van der Waals surface area contributed by atoms with Crippen LogP contribution >= 0.6 is 12.4 Å². The predicted molar refractivity (Wildman–Crippen MR) is 93.5 cm³/mol. The van der Waals surface area contributed by atoms with Crippen molar-refractivity contribution in [3.63, 3.8) is 0 Å². The third-order valence-electron chi connectivity index (χ3n) is 6.23. The molecule has 0 unspecified atom stereocenters. The quantitative estimate of drug-likeness (QED) is 0.481. The molecule has 0 bridgehead atoms. The first-order valence-corrected chi connectivity index (χ1v) is 12.9. The van der Waals surface area contributed by atoms with E-state index >= 15 is 0 Å². The summed E-state index contributed by atoms with van der Waals surface area (Å²) in [4.78, 5) is 0. The standard InChI is InChI=1S/C18H33Ge.ClH/c1-4-10-16(11-5-1)19(17-12-6-2-7-13-17)18-14-8-3-9-15-18;/h16-18H,1-15H2;1H. The minimum Gasteiger partial charge on any atom is -0.147 e. The van der Waals surface area contributed by atoms with E-state index in [1.54, 1.807) is 96.3 Å². The Morgan fingerprint density at radius 2 is 0.650 bits per heavy atom. The summed E-state index contributed by atoms with van der Waals surface area (Å²) in [6, 6.07) is 0. The minimum absolute atomic E-state index is 0. The molecule has 0 aliphatic heterocycles. The Kier molecular flexibility index (Phi) is 7.80. The summed E-state index contributed by atoms with van der Waals surface area (Å²) in [7, 11) is 0. The van der Waals surface area contributed by atoms with E-state index in [2.05, 4.69) is 0 Å². The van der Waals surface area contributed by atoms with Gasteiger partial charge in [0.1, 0.15) is 0 Å². The van der Waals surface area contributed by atoms with E-state index in [9.17, 15) is 0 Å². The maximum atomic E-state index is 1.66. The number of hydrogen-bond acceptors (Lipinski definition) is 0. The van der Waals surface area contributed by atoms with Crippen LogP contribution in [-0.4, -0.2) is 14.3 Å². The van der Waals surface area contributed by atoms with E-state index in [0.29, 0.717) is 0 Å². The number of halogens is 1. The molecule has 0 aromatic carbocycles. The Morgan fingerprint density at radius 1 is 0.400 bits per heavy atom. The normalized spacial score (nSPS) is 27.4. The molecule has 0 heterocycles. The predicted octanol–water partition coefficient (Wildman–Crippen LogP) is 6.91. The second kappa shape index (κ2) is 9.08. The Balaban J connectivity index is 0.00000147. The van der Waals surface area contributed by atoms with Crippen molar-refractivity contribution in [3.8, 4) is 0 Å². The fraction of sp³-hybridized carbons (Fsp3) is 1.00. The van der Waals surface area contributed by atoms with Crippen LogP contribution in [-0.2, 0) is 0 Å². The van der Waals surface area contributed by atoms with Gasteiger partial charge in [-0.25, -0.2) is 0 Å². The van der Waals surface area contributed by atoms with Crippen molar-refractivity contribution in [2.75, 3.05) is 0 Å². The number of rotatable bonds is 3. The topological polar surface area (TPSA) is 0 Å². The molecule has 0 atom stereocenters. The average molecular weight is 359 g/mol. The second-order valence-corrected chi connectivity index (χ2v) is 14.7. The van der Waals surface area contributed by atoms with E-state index in [1.165, 1.54) is 14.3 Å². The molecule has 0 aromatic rings. The first-order valence-electron chi connectivity index (χ1n) is 9.32. The molecule has 3 saturated carbocycles. The SMILES string of the molecule is C1CC[CH]([Ge]([CH]2CCCCC2)[CH]2CCCCC2)CC1.Cl. The van der Waals surface area contributed by atoms with E-state index in [0.717, 1.165) is 0 Å². The molecule has 3 fully saturated rings. The van der Waals surface area contributed by atoms with Gasteiger partial charge in [-0.2, -0.15) is 0 Å². The van der Waals surface area contributed by atoms with Crippen LogP contribution in [0.3, 0.4) is 0 Å². The Labute approximate surface area is 137 Å². The second-order valence-electron chi connectivity index (χ2n) is 7.50. The fourth-order valence-electron chi connectivity index (χ4n) is 5.31. The van der Waals surface area contributed by atoms with E-state index in [1.807, 2.05) is 0 Å². The summed E-state index contributed by atoms with van der Waals surface area (Å²) in [5.74, 6) is 0. The molecule has 1 radical (unpaired) electrons.